The Bertz CT molecular complexity index is 1230. The van der Waals surface area contributed by atoms with Gasteiger partial charge in [-0.05, 0) is 62.4 Å². The van der Waals surface area contributed by atoms with E-state index in [0.29, 0.717) is 0 Å². The van der Waals surface area contributed by atoms with Crippen LogP contribution in [-0.2, 0) is 13.4 Å². The lowest BCUT2D eigenvalue weighted by molar-refractivity contribution is 0.353. The first-order valence-corrected chi connectivity index (χ1v) is 13.0. The molecule has 158 valence electrons. The van der Waals surface area contributed by atoms with Crippen LogP contribution in [-0.4, -0.2) is 8.76 Å². The fourth-order valence-corrected chi connectivity index (χ4v) is 8.63. The highest BCUT2D eigenvalue weighted by molar-refractivity contribution is 8.30. The Labute approximate surface area is 186 Å². The van der Waals surface area contributed by atoms with Gasteiger partial charge in [0.05, 0.1) is 14.7 Å². The Morgan fingerprint density at radius 2 is 0.903 bits per heavy atom. The summed E-state index contributed by atoms with van der Waals surface area (Å²) in [4.78, 5) is 2.84. The summed E-state index contributed by atoms with van der Waals surface area (Å²) in [7, 11) is -6.29. The first kappa shape index (κ1) is 21.4. The number of hydrogen-bond donors (Lipinski definition) is 1. The van der Waals surface area contributed by atoms with Crippen molar-refractivity contribution >= 4 is 20.4 Å². The molecule has 0 radical (unpaired) electrons. The Morgan fingerprint density at radius 3 is 1.32 bits per heavy atom. The Morgan fingerprint density at radius 1 is 0.548 bits per heavy atom. The van der Waals surface area contributed by atoms with Crippen LogP contribution in [0.2, 0.25) is 0 Å². The molecule has 3 nitrogen and oxygen atoms in total. The monoisotopic (exact) mass is 449 g/mol. The van der Waals surface area contributed by atoms with Gasteiger partial charge in [-0.3, -0.25) is 0 Å². The molecule has 0 aliphatic rings. The quantitative estimate of drug-likeness (QED) is 0.259. The van der Waals surface area contributed by atoms with Crippen molar-refractivity contribution in [3.8, 4) is 0 Å². The van der Waals surface area contributed by atoms with Crippen LogP contribution in [0.15, 0.2) is 129 Å². The molecule has 0 saturated heterocycles. The van der Waals surface area contributed by atoms with Crippen LogP contribution in [0, 0.1) is 13.8 Å². The van der Waals surface area contributed by atoms with Crippen molar-refractivity contribution < 1.29 is 12.0 Å². The van der Waals surface area contributed by atoms with E-state index in [1.54, 1.807) is 12.1 Å². The zero-order chi connectivity index (χ0) is 21.9. The van der Waals surface area contributed by atoms with Crippen LogP contribution in [0.1, 0.15) is 11.1 Å². The zero-order valence-corrected chi connectivity index (χ0v) is 19.1. The van der Waals surface area contributed by atoms with Crippen molar-refractivity contribution in [2.45, 2.75) is 33.4 Å². The first-order valence-electron chi connectivity index (χ1n) is 9.96. The van der Waals surface area contributed by atoms with Crippen LogP contribution >= 0.6 is 10.3 Å². The van der Waals surface area contributed by atoms with Gasteiger partial charge in [0.2, 0.25) is 0 Å². The molecule has 0 aliphatic heterocycles. The van der Waals surface area contributed by atoms with E-state index >= 15 is 0 Å². The zero-order valence-electron chi connectivity index (χ0n) is 17.5. The van der Waals surface area contributed by atoms with Crippen LogP contribution < -0.4 is 0 Å². The molecule has 0 spiro atoms. The van der Waals surface area contributed by atoms with Gasteiger partial charge in [0, 0.05) is 0 Å². The Hall–Kier alpha value is -2.86. The summed E-state index contributed by atoms with van der Waals surface area (Å²) in [6.45, 7) is 3.97. The second-order valence-electron chi connectivity index (χ2n) is 7.35. The molecule has 31 heavy (non-hydrogen) atoms. The van der Waals surface area contributed by atoms with Crippen molar-refractivity contribution in [2.24, 2.45) is 0 Å². The molecule has 0 bridgehead atoms. The van der Waals surface area contributed by atoms with Crippen molar-refractivity contribution in [3.05, 3.63) is 120 Å². The Kier molecular flexibility index (Phi) is 6.01. The summed E-state index contributed by atoms with van der Waals surface area (Å²) in [5.41, 5.74) is 2.13. The molecule has 0 aliphatic carbocycles. The van der Waals surface area contributed by atoms with Crippen molar-refractivity contribution in [3.63, 3.8) is 0 Å². The van der Waals surface area contributed by atoms with Gasteiger partial charge in [-0.15, -0.1) is 7.49 Å². The maximum absolute atomic E-state index is 13.7. The Balaban J connectivity index is 2.10. The average molecular weight is 450 g/mol. The largest absolute Gasteiger partial charge is 0.454 e. The van der Waals surface area contributed by atoms with E-state index < -0.39 is 20.4 Å². The smallest absolute Gasteiger partial charge is 0.241 e. The van der Waals surface area contributed by atoms with E-state index in [1.807, 2.05) is 111 Å². The van der Waals surface area contributed by atoms with Gasteiger partial charge in [0.15, 0.2) is 10.3 Å². The van der Waals surface area contributed by atoms with Gasteiger partial charge in [-0.25, -0.2) is 4.55 Å². The molecule has 1 N–H and O–H groups in total. The predicted molar refractivity (Wildman–Crippen MR) is 127 cm³/mol. The van der Waals surface area contributed by atoms with Crippen LogP contribution in [0.25, 0.3) is 0 Å². The standard InChI is InChI=1S/C26H24O3S2/c1-21-13-17-25(18-14-21)30(23-9-5-3-6-10-23,24-11-7-4-8-12-24)29-31(27,28)26-19-15-22(2)16-20-26/h3-20H,1-2H3/p+1. The second-order valence-corrected chi connectivity index (χ2v) is 11.8. The van der Waals surface area contributed by atoms with Crippen molar-refractivity contribution in [1.82, 2.24) is 0 Å². The van der Waals surface area contributed by atoms with Gasteiger partial charge in [0.25, 0.3) is 0 Å². The van der Waals surface area contributed by atoms with E-state index in [9.17, 15) is 8.76 Å². The predicted octanol–water partition coefficient (Wildman–Crippen LogP) is 7.20. The van der Waals surface area contributed by atoms with E-state index in [-0.39, 0.29) is 4.90 Å². The molecule has 4 aromatic carbocycles. The topological polar surface area (TPSA) is 48.6 Å². The van der Waals surface area contributed by atoms with Crippen LogP contribution in [0.3, 0.4) is 0 Å². The summed E-state index contributed by atoms with van der Waals surface area (Å²) in [5.74, 6) is 0. The van der Waals surface area contributed by atoms with Gasteiger partial charge in [0.1, 0.15) is 4.90 Å². The van der Waals surface area contributed by atoms with Gasteiger partial charge in [-0.1, -0.05) is 71.8 Å². The molecule has 0 saturated carbocycles. The van der Waals surface area contributed by atoms with E-state index in [2.05, 4.69) is 0 Å². The van der Waals surface area contributed by atoms with Gasteiger partial charge < -0.3 is 0 Å². The second kappa shape index (κ2) is 8.71. The maximum atomic E-state index is 13.7. The summed E-state index contributed by atoms with van der Waals surface area (Å²) >= 11 is 0. The first-order chi connectivity index (χ1) is 14.9. The highest BCUT2D eigenvalue weighted by atomic mass is 32.3. The highest BCUT2D eigenvalue weighted by Gasteiger charge is 2.45. The molecule has 0 aromatic heterocycles. The number of benzene rings is 4. The molecule has 1 unspecified atom stereocenters. The lowest BCUT2D eigenvalue weighted by Crippen LogP contribution is -2.10. The molecule has 0 heterocycles. The van der Waals surface area contributed by atoms with Crippen molar-refractivity contribution in [2.75, 3.05) is 0 Å². The van der Waals surface area contributed by atoms with E-state index in [1.165, 1.54) is 0 Å². The number of aryl methyl sites for hydroxylation is 2. The average Bonchev–Trinajstić information content (AvgIpc) is 2.79. The third kappa shape index (κ3) is 4.30. The number of rotatable bonds is 5. The van der Waals surface area contributed by atoms with E-state index in [0.717, 1.165) is 25.8 Å². The maximum Gasteiger partial charge on any atom is 0.454 e. The fourth-order valence-electron chi connectivity index (χ4n) is 3.37. The summed E-state index contributed by atoms with van der Waals surface area (Å²) in [6.07, 6.45) is 0. The fraction of sp³-hybridized carbons (Fsp3) is 0.0769. The summed E-state index contributed by atoms with van der Waals surface area (Å²) in [6, 6.07) is 34.4. The lowest BCUT2D eigenvalue weighted by Gasteiger charge is -2.25. The molecule has 4 rings (SSSR count). The molecule has 5 heteroatoms. The molecular weight excluding hydrogens is 424 g/mol. The summed E-state index contributed by atoms with van der Waals surface area (Å²) in [5, 5.41) is 0. The molecule has 0 fully saturated rings. The van der Waals surface area contributed by atoms with Crippen molar-refractivity contribution in [1.29, 1.82) is 0 Å². The molecule has 1 atom stereocenters. The lowest BCUT2D eigenvalue weighted by atomic mass is 10.2. The van der Waals surface area contributed by atoms with Crippen LogP contribution in [0.5, 0.6) is 0 Å². The summed E-state index contributed by atoms with van der Waals surface area (Å²) < 4.78 is 31.2. The third-order valence-electron chi connectivity index (χ3n) is 5.02. The third-order valence-corrected chi connectivity index (χ3v) is 10.2. The highest BCUT2D eigenvalue weighted by Crippen LogP contribution is 2.67. The van der Waals surface area contributed by atoms with Crippen LogP contribution in [0.4, 0.5) is 0 Å². The number of hydrogen-bond acceptors (Lipinski definition) is 1. The SMILES string of the molecule is Cc1ccc(S([O+]=S(=O)(O)c2ccc(C)cc2)(c2ccccc2)c2ccccc2)cc1. The minimum Gasteiger partial charge on any atom is -0.241 e. The minimum atomic E-state index is -3.80. The molecule has 4 aromatic rings. The normalized spacial score (nSPS) is 13.9. The van der Waals surface area contributed by atoms with Gasteiger partial charge >= 0.3 is 10.1 Å². The molecule has 0 amide bonds. The minimum absolute atomic E-state index is 0.258. The van der Waals surface area contributed by atoms with Gasteiger partial charge in [-0.2, -0.15) is 0 Å². The van der Waals surface area contributed by atoms with E-state index in [4.69, 9.17) is 3.29 Å². The molecular formula is C26H25O3S2+.